The number of hydrogen-bond donors (Lipinski definition) is 1. The number of nitrogens with two attached hydrogens (primary N) is 1. The van der Waals surface area contributed by atoms with Crippen molar-refractivity contribution >= 4 is 27.6 Å². The first-order chi connectivity index (χ1) is 13.2. The van der Waals surface area contributed by atoms with E-state index in [2.05, 4.69) is 41.2 Å². The van der Waals surface area contributed by atoms with Gasteiger partial charge in [0.2, 0.25) is 0 Å². The lowest BCUT2D eigenvalue weighted by Gasteiger charge is -2.09. The van der Waals surface area contributed by atoms with E-state index in [1.807, 2.05) is 36.5 Å². The van der Waals surface area contributed by atoms with Gasteiger partial charge in [-0.1, -0.05) is 37.3 Å². The van der Waals surface area contributed by atoms with Gasteiger partial charge in [0.05, 0.1) is 12.1 Å². The monoisotopic (exact) mass is 357 g/mol. The summed E-state index contributed by atoms with van der Waals surface area (Å²) in [5.41, 5.74) is 10.3. The van der Waals surface area contributed by atoms with Crippen LogP contribution >= 0.6 is 0 Å². The zero-order chi connectivity index (χ0) is 18.6. The number of rotatable bonds is 6. The highest BCUT2D eigenvalue weighted by atomic mass is 16.5. The van der Waals surface area contributed by atoms with Gasteiger partial charge in [0, 0.05) is 17.0 Å². The quantitative estimate of drug-likeness (QED) is 0.497. The van der Waals surface area contributed by atoms with Gasteiger partial charge >= 0.3 is 0 Å². The third-order valence-corrected chi connectivity index (χ3v) is 4.72. The molecule has 4 rings (SSSR count). The van der Waals surface area contributed by atoms with E-state index in [0.717, 1.165) is 53.4 Å². The molecular formula is C23H23N3O. The fourth-order valence-corrected chi connectivity index (χ4v) is 3.30. The minimum atomic E-state index is 0.484. The average molecular weight is 357 g/mol. The van der Waals surface area contributed by atoms with E-state index in [9.17, 15) is 0 Å². The number of nitrogens with zero attached hydrogens (tertiary/aromatic N) is 2. The predicted octanol–water partition coefficient (Wildman–Crippen LogP) is 4.94. The van der Waals surface area contributed by atoms with Gasteiger partial charge in [0.25, 0.3) is 0 Å². The second-order valence-electron chi connectivity index (χ2n) is 6.75. The van der Waals surface area contributed by atoms with Crippen LogP contribution in [0.4, 0.5) is 5.82 Å². The van der Waals surface area contributed by atoms with Crippen LogP contribution in [0.25, 0.3) is 21.8 Å². The molecule has 2 N–H and O–H groups in total. The van der Waals surface area contributed by atoms with Crippen LogP contribution in [-0.4, -0.2) is 16.6 Å². The number of aromatic nitrogens is 2. The minimum absolute atomic E-state index is 0.484. The van der Waals surface area contributed by atoms with E-state index >= 15 is 0 Å². The molecule has 27 heavy (non-hydrogen) atoms. The molecule has 136 valence electrons. The lowest BCUT2D eigenvalue weighted by atomic mass is 10.0. The minimum Gasteiger partial charge on any atom is -0.494 e. The fraction of sp³-hybridized carbons (Fsp3) is 0.217. The maximum Gasteiger partial charge on any atom is 0.150 e. The molecule has 0 radical (unpaired) electrons. The number of benzene rings is 2. The molecule has 2 aromatic heterocycles. The van der Waals surface area contributed by atoms with Crippen molar-refractivity contribution in [2.75, 3.05) is 12.3 Å². The van der Waals surface area contributed by atoms with E-state index in [4.69, 9.17) is 10.5 Å². The van der Waals surface area contributed by atoms with Crippen molar-refractivity contribution in [3.8, 4) is 5.75 Å². The molecule has 4 aromatic rings. The SMILES string of the molecule is CCCOc1ccc(CCc2cnc3c(N)nc4ccccc4c3c2)cc1. The maximum atomic E-state index is 6.10. The molecule has 0 fully saturated rings. The first kappa shape index (κ1) is 17.3. The molecule has 4 nitrogen and oxygen atoms in total. The molecule has 0 saturated carbocycles. The Hall–Kier alpha value is -3.14. The Kier molecular flexibility index (Phi) is 4.88. The third kappa shape index (κ3) is 3.70. The largest absolute Gasteiger partial charge is 0.494 e. The number of aryl methyl sites for hydroxylation is 2. The molecule has 0 aliphatic rings. The van der Waals surface area contributed by atoms with Crippen molar-refractivity contribution < 1.29 is 4.74 Å². The van der Waals surface area contributed by atoms with Gasteiger partial charge in [-0.2, -0.15) is 0 Å². The van der Waals surface area contributed by atoms with E-state index in [1.54, 1.807) is 0 Å². The summed E-state index contributed by atoms with van der Waals surface area (Å²) in [4.78, 5) is 9.04. The summed E-state index contributed by atoms with van der Waals surface area (Å²) >= 11 is 0. The topological polar surface area (TPSA) is 61.0 Å². The van der Waals surface area contributed by atoms with Crippen LogP contribution < -0.4 is 10.5 Å². The first-order valence-corrected chi connectivity index (χ1v) is 9.39. The van der Waals surface area contributed by atoms with Crippen molar-refractivity contribution in [2.24, 2.45) is 0 Å². The zero-order valence-corrected chi connectivity index (χ0v) is 15.5. The van der Waals surface area contributed by atoms with Crippen LogP contribution in [0, 0.1) is 0 Å². The highest BCUT2D eigenvalue weighted by molar-refractivity contribution is 6.08. The zero-order valence-electron chi connectivity index (χ0n) is 15.5. The highest BCUT2D eigenvalue weighted by Gasteiger charge is 2.08. The van der Waals surface area contributed by atoms with Crippen molar-refractivity contribution in [1.82, 2.24) is 9.97 Å². The van der Waals surface area contributed by atoms with Gasteiger partial charge in [-0.3, -0.25) is 4.98 Å². The van der Waals surface area contributed by atoms with Crippen LogP contribution in [-0.2, 0) is 12.8 Å². The highest BCUT2D eigenvalue weighted by Crippen LogP contribution is 2.27. The maximum absolute atomic E-state index is 6.10. The van der Waals surface area contributed by atoms with E-state index in [-0.39, 0.29) is 0 Å². The molecule has 4 heteroatoms. The van der Waals surface area contributed by atoms with Gasteiger partial charge < -0.3 is 10.5 Å². The van der Waals surface area contributed by atoms with Crippen LogP contribution in [0.2, 0.25) is 0 Å². The Labute approximate surface area is 159 Å². The summed E-state index contributed by atoms with van der Waals surface area (Å²) in [6.07, 6.45) is 4.81. The summed E-state index contributed by atoms with van der Waals surface area (Å²) in [7, 11) is 0. The number of anilines is 1. The molecule has 2 aromatic carbocycles. The molecule has 0 bridgehead atoms. The number of fused-ring (bicyclic) bond motifs is 3. The summed E-state index contributed by atoms with van der Waals surface area (Å²) in [6.45, 7) is 2.87. The van der Waals surface area contributed by atoms with E-state index in [0.29, 0.717) is 5.82 Å². The standard InChI is InChI=1S/C23H23N3O/c1-2-13-27-18-11-9-16(10-12-18)7-8-17-14-20-19-5-3-4-6-21(19)26-23(24)22(20)25-15-17/h3-6,9-12,14-15H,2,7-8,13H2,1H3,(H2,24,26). The molecule has 0 saturated heterocycles. The van der Waals surface area contributed by atoms with Crippen LogP contribution in [0.1, 0.15) is 24.5 Å². The number of nitrogen functional groups attached to an aromatic ring is 1. The van der Waals surface area contributed by atoms with Crippen molar-refractivity contribution in [3.05, 3.63) is 71.9 Å². The van der Waals surface area contributed by atoms with Gasteiger partial charge in [-0.05, 0) is 54.7 Å². The number of ether oxygens (including phenoxy) is 1. The Morgan fingerprint density at radius 1 is 0.926 bits per heavy atom. The van der Waals surface area contributed by atoms with Crippen molar-refractivity contribution in [3.63, 3.8) is 0 Å². The van der Waals surface area contributed by atoms with Gasteiger partial charge in [-0.15, -0.1) is 0 Å². The van der Waals surface area contributed by atoms with E-state index in [1.165, 1.54) is 11.1 Å². The molecule has 2 heterocycles. The molecule has 0 aliphatic heterocycles. The summed E-state index contributed by atoms with van der Waals surface area (Å²) in [5.74, 6) is 1.42. The number of pyridine rings is 2. The molecule has 0 spiro atoms. The Balaban J connectivity index is 1.56. The summed E-state index contributed by atoms with van der Waals surface area (Å²) < 4.78 is 5.65. The van der Waals surface area contributed by atoms with Crippen LogP contribution in [0.15, 0.2) is 60.8 Å². The Morgan fingerprint density at radius 3 is 2.52 bits per heavy atom. The Morgan fingerprint density at radius 2 is 1.70 bits per heavy atom. The first-order valence-electron chi connectivity index (χ1n) is 9.39. The smallest absolute Gasteiger partial charge is 0.150 e. The second-order valence-corrected chi connectivity index (χ2v) is 6.75. The normalized spacial score (nSPS) is 11.1. The third-order valence-electron chi connectivity index (χ3n) is 4.72. The second kappa shape index (κ2) is 7.62. The molecule has 0 unspecified atom stereocenters. The van der Waals surface area contributed by atoms with E-state index < -0.39 is 0 Å². The predicted molar refractivity (Wildman–Crippen MR) is 111 cm³/mol. The average Bonchev–Trinajstić information content (AvgIpc) is 2.71. The lowest BCUT2D eigenvalue weighted by Crippen LogP contribution is -1.98. The van der Waals surface area contributed by atoms with Crippen molar-refractivity contribution in [1.29, 1.82) is 0 Å². The number of para-hydroxylation sites is 1. The van der Waals surface area contributed by atoms with Gasteiger partial charge in [0.15, 0.2) is 5.82 Å². The molecule has 0 amide bonds. The molecular weight excluding hydrogens is 334 g/mol. The van der Waals surface area contributed by atoms with Gasteiger partial charge in [-0.25, -0.2) is 4.98 Å². The van der Waals surface area contributed by atoms with Crippen LogP contribution in [0.3, 0.4) is 0 Å². The fourth-order valence-electron chi connectivity index (χ4n) is 3.30. The van der Waals surface area contributed by atoms with Crippen LogP contribution in [0.5, 0.6) is 5.75 Å². The summed E-state index contributed by atoms with van der Waals surface area (Å²) in [6, 6.07) is 18.6. The molecule has 0 aliphatic carbocycles. The van der Waals surface area contributed by atoms with Gasteiger partial charge in [0.1, 0.15) is 11.3 Å². The Bertz CT molecular complexity index is 1070. The van der Waals surface area contributed by atoms with Crippen molar-refractivity contribution in [2.45, 2.75) is 26.2 Å². The molecule has 0 atom stereocenters. The lowest BCUT2D eigenvalue weighted by molar-refractivity contribution is 0.317. The summed E-state index contributed by atoms with van der Waals surface area (Å²) in [5, 5.41) is 2.16. The number of hydrogen-bond acceptors (Lipinski definition) is 4.